The van der Waals surface area contributed by atoms with Crippen LogP contribution in [0.2, 0.25) is 0 Å². The molecule has 0 fully saturated rings. The molecule has 0 amide bonds. The molecule has 0 N–H and O–H groups in total. The molecule has 0 saturated heterocycles. The summed E-state index contributed by atoms with van der Waals surface area (Å²) in [5.74, 6) is -0.240. The summed E-state index contributed by atoms with van der Waals surface area (Å²) in [5, 5.41) is 0. The lowest BCUT2D eigenvalue weighted by Gasteiger charge is -2.03. The van der Waals surface area contributed by atoms with Crippen molar-refractivity contribution in [2.45, 2.75) is 13.3 Å². The van der Waals surface area contributed by atoms with Gasteiger partial charge in [-0.1, -0.05) is 18.2 Å². The van der Waals surface area contributed by atoms with Crippen LogP contribution in [0.4, 0.5) is 0 Å². The minimum Gasteiger partial charge on any atom is -0.462 e. The predicted molar refractivity (Wildman–Crippen MR) is 55.1 cm³/mol. The second-order valence-electron chi connectivity index (χ2n) is 3.24. The van der Waals surface area contributed by atoms with E-state index in [0.29, 0.717) is 12.2 Å². The molecule has 0 radical (unpaired) electrons. The fourth-order valence-electron chi connectivity index (χ4n) is 1.59. The number of benzene rings is 1. The molecule has 14 heavy (non-hydrogen) atoms. The van der Waals surface area contributed by atoms with Crippen LogP contribution in [-0.4, -0.2) is 12.6 Å². The van der Waals surface area contributed by atoms with Crippen molar-refractivity contribution >= 4 is 12.0 Å². The molecular formula is C12H12O2. The number of allylic oxidation sites excluding steroid dienone is 1. The van der Waals surface area contributed by atoms with Gasteiger partial charge in [-0.25, -0.2) is 4.79 Å². The van der Waals surface area contributed by atoms with Gasteiger partial charge in [0, 0.05) is 0 Å². The minimum absolute atomic E-state index is 0.240. The summed E-state index contributed by atoms with van der Waals surface area (Å²) in [7, 11) is 0. The van der Waals surface area contributed by atoms with Gasteiger partial charge >= 0.3 is 5.97 Å². The van der Waals surface area contributed by atoms with Gasteiger partial charge in [-0.15, -0.1) is 0 Å². The molecule has 0 unspecified atom stereocenters. The van der Waals surface area contributed by atoms with E-state index in [1.165, 1.54) is 5.56 Å². The summed E-state index contributed by atoms with van der Waals surface area (Å²) in [6, 6.07) is 5.70. The molecule has 72 valence electrons. The molecule has 2 rings (SSSR count). The summed E-state index contributed by atoms with van der Waals surface area (Å²) in [4.78, 5) is 11.4. The summed E-state index contributed by atoms with van der Waals surface area (Å²) >= 11 is 0. The first-order chi connectivity index (χ1) is 6.81. The van der Waals surface area contributed by atoms with Crippen LogP contribution in [0.3, 0.4) is 0 Å². The zero-order valence-corrected chi connectivity index (χ0v) is 8.12. The van der Waals surface area contributed by atoms with Gasteiger partial charge in [0.1, 0.15) is 0 Å². The lowest BCUT2D eigenvalue weighted by Crippen LogP contribution is -2.04. The lowest BCUT2D eigenvalue weighted by atomic mass is 10.1. The van der Waals surface area contributed by atoms with Crippen LogP contribution in [-0.2, 0) is 11.2 Å². The average Bonchev–Trinajstić information content (AvgIpc) is 2.64. The molecule has 1 aliphatic carbocycles. The van der Waals surface area contributed by atoms with Crippen molar-refractivity contribution in [3.63, 3.8) is 0 Å². The highest BCUT2D eigenvalue weighted by atomic mass is 16.5. The monoisotopic (exact) mass is 188 g/mol. The second kappa shape index (κ2) is 3.66. The Morgan fingerprint density at radius 1 is 1.50 bits per heavy atom. The smallest absolute Gasteiger partial charge is 0.338 e. The maximum atomic E-state index is 11.4. The standard InChI is InChI=1S/C12H12O2/c1-2-14-12(13)11-7-6-9-4-3-5-10(9)8-11/h3,5-8H,2,4H2,1H3. The molecule has 0 aromatic heterocycles. The molecule has 2 heteroatoms. The quantitative estimate of drug-likeness (QED) is 0.666. The highest BCUT2D eigenvalue weighted by Gasteiger charge is 2.10. The molecule has 1 aromatic rings. The first-order valence-electron chi connectivity index (χ1n) is 4.78. The zero-order chi connectivity index (χ0) is 9.97. The van der Waals surface area contributed by atoms with Crippen molar-refractivity contribution in [1.82, 2.24) is 0 Å². The number of fused-ring (bicyclic) bond motifs is 1. The number of ether oxygens (including phenoxy) is 1. The van der Waals surface area contributed by atoms with Gasteiger partial charge < -0.3 is 4.74 Å². The third-order valence-corrected chi connectivity index (χ3v) is 2.29. The number of rotatable bonds is 2. The number of carbonyl (C=O) groups is 1. The van der Waals surface area contributed by atoms with Crippen molar-refractivity contribution in [3.8, 4) is 0 Å². The van der Waals surface area contributed by atoms with Crippen LogP contribution in [0.5, 0.6) is 0 Å². The normalized spacial score (nSPS) is 12.6. The van der Waals surface area contributed by atoms with E-state index in [2.05, 4.69) is 6.08 Å². The van der Waals surface area contributed by atoms with Gasteiger partial charge in [-0.2, -0.15) is 0 Å². The molecule has 1 aromatic carbocycles. The summed E-state index contributed by atoms with van der Waals surface area (Å²) in [5.41, 5.74) is 3.05. The van der Waals surface area contributed by atoms with Crippen molar-refractivity contribution < 1.29 is 9.53 Å². The molecule has 0 bridgehead atoms. The van der Waals surface area contributed by atoms with Crippen molar-refractivity contribution in [2.24, 2.45) is 0 Å². The van der Waals surface area contributed by atoms with Gasteiger partial charge in [0.2, 0.25) is 0 Å². The Morgan fingerprint density at radius 3 is 3.14 bits per heavy atom. The third kappa shape index (κ3) is 1.55. The summed E-state index contributed by atoms with van der Waals surface area (Å²) in [6.07, 6.45) is 5.11. The van der Waals surface area contributed by atoms with Gasteiger partial charge in [0.25, 0.3) is 0 Å². The maximum absolute atomic E-state index is 11.4. The third-order valence-electron chi connectivity index (χ3n) is 2.29. The van der Waals surface area contributed by atoms with Gasteiger partial charge in [-0.05, 0) is 36.6 Å². The molecule has 1 aliphatic rings. The molecular weight excluding hydrogens is 176 g/mol. The lowest BCUT2D eigenvalue weighted by molar-refractivity contribution is 0.0526. The van der Waals surface area contributed by atoms with E-state index in [1.54, 1.807) is 0 Å². The van der Waals surface area contributed by atoms with E-state index in [4.69, 9.17) is 4.74 Å². The van der Waals surface area contributed by atoms with Crippen LogP contribution in [0.1, 0.15) is 28.4 Å². The number of hydrogen-bond donors (Lipinski definition) is 0. The maximum Gasteiger partial charge on any atom is 0.338 e. The van der Waals surface area contributed by atoms with Crippen LogP contribution in [0, 0.1) is 0 Å². The second-order valence-corrected chi connectivity index (χ2v) is 3.24. The van der Waals surface area contributed by atoms with Crippen molar-refractivity contribution in [3.05, 3.63) is 41.0 Å². The highest BCUT2D eigenvalue weighted by molar-refractivity contribution is 5.90. The largest absolute Gasteiger partial charge is 0.462 e. The fraction of sp³-hybridized carbons (Fsp3) is 0.250. The van der Waals surface area contributed by atoms with E-state index in [-0.39, 0.29) is 5.97 Å². The summed E-state index contributed by atoms with van der Waals surface area (Å²) < 4.78 is 4.92. The van der Waals surface area contributed by atoms with Crippen LogP contribution in [0.15, 0.2) is 24.3 Å². The molecule has 0 spiro atoms. The SMILES string of the molecule is CCOC(=O)c1ccc2c(c1)C=CC2. The van der Waals surface area contributed by atoms with E-state index in [1.807, 2.05) is 31.2 Å². The van der Waals surface area contributed by atoms with Gasteiger partial charge in [-0.3, -0.25) is 0 Å². The van der Waals surface area contributed by atoms with Crippen molar-refractivity contribution in [1.29, 1.82) is 0 Å². The van der Waals surface area contributed by atoms with Crippen molar-refractivity contribution in [2.75, 3.05) is 6.61 Å². The predicted octanol–water partition coefficient (Wildman–Crippen LogP) is 2.43. The Hall–Kier alpha value is -1.57. The number of esters is 1. The zero-order valence-electron chi connectivity index (χ0n) is 8.12. The first-order valence-corrected chi connectivity index (χ1v) is 4.78. The Morgan fingerprint density at radius 2 is 2.36 bits per heavy atom. The number of hydrogen-bond acceptors (Lipinski definition) is 2. The Balaban J connectivity index is 2.28. The van der Waals surface area contributed by atoms with Gasteiger partial charge in [0.05, 0.1) is 12.2 Å². The van der Waals surface area contributed by atoms with E-state index in [0.717, 1.165) is 12.0 Å². The molecule has 2 nitrogen and oxygen atoms in total. The fourth-order valence-corrected chi connectivity index (χ4v) is 1.59. The van der Waals surface area contributed by atoms with Crippen LogP contribution >= 0.6 is 0 Å². The van der Waals surface area contributed by atoms with E-state index < -0.39 is 0 Å². The molecule has 0 atom stereocenters. The molecule has 0 heterocycles. The summed E-state index contributed by atoms with van der Waals surface area (Å²) in [6.45, 7) is 2.23. The molecule has 0 saturated carbocycles. The Kier molecular flexibility index (Phi) is 2.35. The minimum atomic E-state index is -0.240. The number of carbonyl (C=O) groups excluding carboxylic acids is 1. The average molecular weight is 188 g/mol. The van der Waals surface area contributed by atoms with E-state index in [9.17, 15) is 4.79 Å². The topological polar surface area (TPSA) is 26.3 Å². The Labute approximate surface area is 83.2 Å². The van der Waals surface area contributed by atoms with Crippen LogP contribution in [0.25, 0.3) is 6.08 Å². The van der Waals surface area contributed by atoms with Gasteiger partial charge in [0.15, 0.2) is 0 Å². The highest BCUT2D eigenvalue weighted by Crippen LogP contribution is 2.20. The molecule has 0 aliphatic heterocycles. The van der Waals surface area contributed by atoms with Crippen LogP contribution < -0.4 is 0 Å². The first kappa shape index (κ1) is 9.00. The Bertz CT molecular complexity index is 391. The van der Waals surface area contributed by atoms with E-state index >= 15 is 0 Å².